The minimum atomic E-state index is -0.419. The monoisotopic (exact) mass is 459 g/mol. The van der Waals surface area contributed by atoms with Gasteiger partial charge in [0.2, 0.25) is 5.91 Å². The van der Waals surface area contributed by atoms with Crippen molar-refractivity contribution >= 4 is 35.3 Å². The highest BCUT2D eigenvalue weighted by molar-refractivity contribution is 6.30. The fourth-order valence-corrected chi connectivity index (χ4v) is 3.02. The van der Waals surface area contributed by atoms with Gasteiger partial charge in [-0.05, 0) is 36.6 Å². The number of carbonyl (C=O) groups excluding carboxylic acids is 2. The van der Waals surface area contributed by atoms with Gasteiger partial charge in [0, 0.05) is 37.7 Å². The van der Waals surface area contributed by atoms with E-state index >= 15 is 0 Å². The zero-order valence-electron chi connectivity index (χ0n) is 17.8. The Kier molecular flexibility index (Phi) is 8.97. The van der Waals surface area contributed by atoms with Crippen LogP contribution in [0.15, 0.2) is 42.7 Å². The molecule has 1 aromatic carbocycles. The fraction of sp³-hybridized carbons (Fsp3) is 0.364. The molecular weight excluding hydrogens is 434 g/mol. The number of anilines is 1. The molecule has 1 atom stereocenters. The molecule has 0 saturated carbocycles. The lowest BCUT2D eigenvalue weighted by atomic mass is 10.2. The average molecular weight is 460 g/mol. The van der Waals surface area contributed by atoms with E-state index in [1.54, 1.807) is 24.1 Å². The number of rotatable bonds is 9. The molecule has 0 radical (unpaired) electrons. The minimum absolute atomic E-state index is 0.0803. The maximum Gasteiger partial charge on any atom is 0.267 e. The maximum atomic E-state index is 12.3. The summed E-state index contributed by atoms with van der Waals surface area (Å²) in [6, 6.07) is 7.35. The van der Waals surface area contributed by atoms with E-state index in [0.29, 0.717) is 29.7 Å². The van der Waals surface area contributed by atoms with Crippen LogP contribution in [0, 0.1) is 0 Å². The molecule has 1 aromatic heterocycles. The molecule has 1 aliphatic rings. The summed E-state index contributed by atoms with van der Waals surface area (Å²) in [5.41, 5.74) is 3.82. The minimum Gasteiger partial charge on any atom is -0.360 e. The first kappa shape index (κ1) is 23.6. The molecule has 2 heterocycles. The highest BCUT2D eigenvalue weighted by atomic mass is 35.5. The molecule has 1 saturated heterocycles. The number of carbonyl (C=O) groups is 2. The first-order chi connectivity index (χ1) is 15.5. The number of nitrogens with zero attached hydrogens (tertiary/aromatic N) is 3. The van der Waals surface area contributed by atoms with E-state index < -0.39 is 12.2 Å². The number of benzene rings is 1. The van der Waals surface area contributed by atoms with E-state index in [2.05, 4.69) is 20.8 Å². The predicted octanol–water partition coefficient (Wildman–Crippen LogP) is 2.79. The Morgan fingerprint density at radius 2 is 2.06 bits per heavy atom. The zero-order valence-corrected chi connectivity index (χ0v) is 18.5. The van der Waals surface area contributed by atoms with Crippen LogP contribution < -0.4 is 10.8 Å². The van der Waals surface area contributed by atoms with Gasteiger partial charge in [-0.3, -0.25) is 14.6 Å². The van der Waals surface area contributed by atoms with Gasteiger partial charge in [0.25, 0.3) is 5.91 Å². The molecule has 1 unspecified atom stereocenters. The zero-order chi connectivity index (χ0) is 22.8. The SMILES string of the molecule is CN(Cc1ccc(Cl)cc1)C(=O)CNc1cnc(C=CC(=O)NOC2CCCCO2)cn1. The molecule has 0 aliphatic carbocycles. The molecular formula is C22H26ClN5O4. The smallest absolute Gasteiger partial charge is 0.267 e. The van der Waals surface area contributed by atoms with Crippen molar-refractivity contribution in [2.45, 2.75) is 32.1 Å². The molecule has 1 aliphatic heterocycles. The van der Waals surface area contributed by atoms with Gasteiger partial charge in [0.05, 0.1) is 24.6 Å². The van der Waals surface area contributed by atoms with Crippen molar-refractivity contribution in [1.29, 1.82) is 0 Å². The molecule has 3 rings (SSSR count). The second-order valence-corrected chi connectivity index (χ2v) is 7.71. The summed E-state index contributed by atoms with van der Waals surface area (Å²) in [5.74, 6) is -0.0561. The maximum absolute atomic E-state index is 12.3. The third kappa shape index (κ3) is 7.92. The van der Waals surface area contributed by atoms with E-state index in [4.69, 9.17) is 21.2 Å². The van der Waals surface area contributed by atoms with Gasteiger partial charge in [-0.25, -0.2) is 15.3 Å². The Hall–Kier alpha value is -3.01. The summed E-state index contributed by atoms with van der Waals surface area (Å²) >= 11 is 5.88. The van der Waals surface area contributed by atoms with Crippen molar-refractivity contribution in [2.75, 3.05) is 25.5 Å². The van der Waals surface area contributed by atoms with Gasteiger partial charge >= 0.3 is 0 Å². The number of hydroxylamine groups is 1. The van der Waals surface area contributed by atoms with Gasteiger partial charge in [-0.1, -0.05) is 23.7 Å². The molecule has 10 heteroatoms. The first-order valence-corrected chi connectivity index (χ1v) is 10.7. The lowest BCUT2D eigenvalue weighted by Crippen LogP contribution is -2.32. The Labute approximate surface area is 191 Å². The van der Waals surface area contributed by atoms with E-state index in [1.165, 1.54) is 24.5 Å². The van der Waals surface area contributed by atoms with Crippen molar-refractivity contribution < 1.29 is 19.2 Å². The lowest BCUT2D eigenvalue weighted by molar-refractivity contribution is -0.198. The number of amides is 2. The van der Waals surface area contributed by atoms with Crippen LogP contribution >= 0.6 is 11.6 Å². The van der Waals surface area contributed by atoms with Crippen LogP contribution in [0.5, 0.6) is 0 Å². The summed E-state index contributed by atoms with van der Waals surface area (Å²) in [6.45, 7) is 1.19. The van der Waals surface area contributed by atoms with E-state index in [9.17, 15) is 9.59 Å². The molecule has 2 N–H and O–H groups in total. The summed E-state index contributed by atoms with van der Waals surface area (Å²) < 4.78 is 5.37. The van der Waals surface area contributed by atoms with Gasteiger partial charge in [0.1, 0.15) is 5.82 Å². The number of nitrogens with one attached hydrogen (secondary N) is 2. The summed E-state index contributed by atoms with van der Waals surface area (Å²) in [5, 5.41) is 3.60. The van der Waals surface area contributed by atoms with Crippen LogP contribution in [0.2, 0.25) is 5.02 Å². The van der Waals surface area contributed by atoms with Crippen LogP contribution in [0.4, 0.5) is 5.82 Å². The van der Waals surface area contributed by atoms with Crippen LogP contribution in [0.3, 0.4) is 0 Å². The fourth-order valence-electron chi connectivity index (χ4n) is 2.89. The number of ether oxygens (including phenoxy) is 1. The number of likely N-dealkylation sites (N-methyl/N-ethyl adjacent to an activating group) is 1. The van der Waals surface area contributed by atoms with Crippen LogP contribution in [-0.2, 0) is 25.7 Å². The molecule has 1 fully saturated rings. The average Bonchev–Trinajstić information content (AvgIpc) is 2.82. The number of aromatic nitrogens is 2. The molecule has 9 nitrogen and oxygen atoms in total. The van der Waals surface area contributed by atoms with Crippen LogP contribution in [0.25, 0.3) is 6.08 Å². The van der Waals surface area contributed by atoms with Gasteiger partial charge in [-0.2, -0.15) is 0 Å². The predicted molar refractivity (Wildman–Crippen MR) is 120 cm³/mol. The Morgan fingerprint density at radius 1 is 1.25 bits per heavy atom. The third-order valence-corrected chi connectivity index (χ3v) is 4.94. The standard InChI is InChI=1S/C22H26ClN5O4/c1-28(15-16-5-7-17(23)8-6-16)21(30)14-26-19-13-24-18(12-25-19)9-10-20(29)27-32-22-4-2-3-11-31-22/h5-10,12-13,22H,2-4,11,14-15H2,1H3,(H,25,26)(H,27,29). The van der Waals surface area contributed by atoms with E-state index in [-0.39, 0.29) is 12.5 Å². The second kappa shape index (κ2) is 12.1. The summed E-state index contributed by atoms with van der Waals surface area (Å²) in [7, 11) is 1.73. The lowest BCUT2D eigenvalue weighted by Gasteiger charge is -2.21. The molecule has 2 aromatic rings. The van der Waals surface area contributed by atoms with Gasteiger partial charge in [-0.15, -0.1) is 0 Å². The number of halogens is 1. The second-order valence-electron chi connectivity index (χ2n) is 7.27. The van der Waals surface area contributed by atoms with Crippen molar-refractivity contribution in [3.05, 3.63) is 59.0 Å². The highest BCUT2D eigenvalue weighted by Crippen LogP contribution is 2.13. The molecule has 32 heavy (non-hydrogen) atoms. The Morgan fingerprint density at radius 3 is 2.75 bits per heavy atom. The summed E-state index contributed by atoms with van der Waals surface area (Å²) in [4.78, 5) is 39.4. The van der Waals surface area contributed by atoms with E-state index in [1.807, 2.05) is 12.1 Å². The largest absolute Gasteiger partial charge is 0.360 e. The normalized spacial score (nSPS) is 16.0. The van der Waals surface area contributed by atoms with Crippen molar-refractivity contribution in [2.24, 2.45) is 0 Å². The van der Waals surface area contributed by atoms with Gasteiger partial charge < -0.3 is 15.0 Å². The Balaban J connectivity index is 1.39. The number of hydrogen-bond donors (Lipinski definition) is 2. The van der Waals surface area contributed by atoms with Crippen molar-refractivity contribution in [3.63, 3.8) is 0 Å². The third-order valence-electron chi connectivity index (χ3n) is 4.69. The number of hydrogen-bond acceptors (Lipinski definition) is 7. The molecule has 2 amide bonds. The van der Waals surface area contributed by atoms with E-state index in [0.717, 1.165) is 24.8 Å². The van der Waals surface area contributed by atoms with Crippen molar-refractivity contribution in [3.8, 4) is 0 Å². The molecule has 0 spiro atoms. The highest BCUT2D eigenvalue weighted by Gasteiger charge is 2.15. The van der Waals surface area contributed by atoms with Crippen molar-refractivity contribution in [1.82, 2.24) is 20.3 Å². The topological polar surface area (TPSA) is 106 Å². The summed E-state index contributed by atoms with van der Waals surface area (Å²) in [6.07, 6.45) is 8.18. The first-order valence-electron chi connectivity index (χ1n) is 10.3. The van der Waals surface area contributed by atoms with Crippen LogP contribution in [-0.4, -0.2) is 53.2 Å². The molecule has 0 bridgehead atoms. The quantitative estimate of drug-likeness (QED) is 0.438. The Bertz CT molecular complexity index is 915. The van der Waals surface area contributed by atoms with Crippen LogP contribution in [0.1, 0.15) is 30.5 Å². The van der Waals surface area contributed by atoms with Gasteiger partial charge in [0.15, 0.2) is 6.29 Å². The molecule has 170 valence electrons.